The van der Waals surface area contributed by atoms with Gasteiger partial charge in [-0.2, -0.15) is 0 Å². The number of aryl methyl sites for hydroxylation is 1. The lowest BCUT2D eigenvalue weighted by Gasteiger charge is -2.30. The highest BCUT2D eigenvalue weighted by Gasteiger charge is 2.29. The second-order valence-electron chi connectivity index (χ2n) is 9.20. The van der Waals surface area contributed by atoms with Crippen LogP contribution in [0.2, 0.25) is 0 Å². The molecule has 1 aromatic carbocycles. The van der Waals surface area contributed by atoms with E-state index in [1.54, 1.807) is 0 Å². The molecule has 27 heavy (non-hydrogen) atoms. The summed E-state index contributed by atoms with van der Waals surface area (Å²) in [6, 6.07) is 8.30. The first-order valence-electron chi connectivity index (χ1n) is 10.5. The van der Waals surface area contributed by atoms with Crippen LogP contribution in [0.1, 0.15) is 99.0 Å². The van der Waals surface area contributed by atoms with E-state index in [0.29, 0.717) is 0 Å². The number of rotatable bonds is 12. The van der Waals surface area contributed by atoms with Crippen LogP contribution in [0.4, 0.5) is 0 Å². The van der Waals surface area contributed by atoms with Crippen molar-refractivity contribution in [1.29, 1.82) is 0 Å². The lowest BCUT2D eigenvalue weighted by Crippen LogP contribution is -2.23. The molecule has 0 amide bonds. The molecule has 0 saturated heterocycles. The number of unbranched alkanes of at least 4 members (excludes halogenated alkanes) is 6. The Labute approximate surface area is 169 Å². The van der Waals surface area contributed by atoms with Gasteiger partial charge in [-0.05, 0) is 66.0 Å². The lowest BCUT2D eigenvalue weighted by molar-refractivity contribution is 0.0503. The quantitative estimate of drug-likeness (QED) is 0.263. The topological polar surface area (TPSA) is 27.7 Å². The van der Waals surface area contributed by atoms with Crippen LogP contribution < -0.4 is 4.52 Å². The van der Waals surface area contributed by atoms with Crippen LogP contribution >= 0.6 is 8.60 Å². The maximum absolute atomic E-state index is 6.23. The summed E-state index contributed by atoms with van der Waals surface area (Å²) < 4.78 is 18.4. The van der Waals surface area contributed by atoms with Crippen molar-refractivity contribution in [2.75, 3.05) is 0 Å². The van der Waals surface area contributed by atoms with Crippen LogP contribution in [0.15, 0.2) is 24.3 Å². The van der Waals surface area contributed by atoms with Crippen LogP contribution in [0, 0.1) is 0 Å². The highest BCUT2D eigenvalue weighted by molar-refractivity contribution is 7.42. The van der Waals surface area contributed by atoms with Gasteiger partial charge in [-0.1, -0.05) is 63.6 Å². The number of para-hydroxylation sites is 1. The van der Waals surface area contributed by atoms with Gasteiger partial charge in [0.05, 0.1) is 11.2 Å². The van der Waals surface area contributed by atoms with E-state index in [1.807, 2.05) is 53.7 Å². The van der Waals surface area contributed by atoms with Crippen molar-refractivity contribution in [2.45, 2.75) is 111 Å². The Balaban J connectivity index is 2.63. The van der Waals surface area contributed by atoms with E-state index in [0.717, 1.165) is 12.2 Å². The molecule has 0 radical (unpaired) electrons. The number of benzene rings is 1. The molecule has 0 spiro atoms. The fraction of sp³-hybridized carbons (Fsp3) is 0.739. The SMILES string of the molecule is CCCCCCCCCc1ccccc1OP(OC(C)(C)C)OC(C)(C)C. The van der Waals surface area contributed by atoms with Crippen molar-refractivity contribution >= 4 is 8.60 Å². The van der Waals surface area contributed by atoms with E-state index in [2.05, 4.69) is 19.1 Å². The van der Waals surface area contributed by atoms with Crippen LogP contribution in [0.25, 0.3) is 0 Å². The van der Waals surface area contributed by atoms with Gasteiger partial charge in [0.25, 0.3) is 0 Å². The van der Waals surface area contributed by atoms with Gasteiger partial charge in [-0.15, -0.1) is 0 Å². The number of hydrogen-bond acceptors (Lipinski definition) is 3. The van der Waals surface area contributed by atoms with E-state index in [1.165, 1.54) is 50.5 Å². The van der Waals surface area contributed by atoms with E-state index < -0.39 is 8.60 Å². The average Bonchev–Trinajstić information content (AvgIpc) is 2.52. The lowest BCUT2D eigenvalue weighted by atomic mass is 10.0. The van der Waals surface area contributed by atoms with E-state index >= 15 is 0 Å². The Morgan fingerprint density at radius 2 is 1.26 bits per heavy atom. The minimum atomic E-state index is -1.46. The zero-order valence-electron chi connectivity index (χ0n) is 18.6. The summed E-state index contributed by atoms with van der Waals surface area (Å²) in [5, 5.41) is 0. The predicted octanol–water partition coefficient (Wildman–Crippen LogP) is 8.22. The summed E-state index contributed by atoms with van der Waals surface area (Å²) in [4.78, 5) is 0. The number of hydrogen-bond donors (Lipinski definition) is 0. The zero-order valence-corrected chi connectivity index (χ0v) is 19.5. The molecule has 3 nitrogen and oxygen atoms in total. The minimum absolute atomic E-state index is 0.315. The summed E-state index contributed by atoms with van der Waals surface area (Å²) >= 11 is 0. The Hall–Kier alpha value is -0.630. The molecule has 0 aliphatic carbocycles. The third-order valence-corrected chi connectivity index (χ3v) is 5.63. The molecule has 0 N–H and O–H groups in total. The van der Waals surface area contributed by atoms with E-state index in [-0.39, 0.29) is 11.2 Å². The van der Waals surface area contributed by atoms with Crippen LogP contribution in [-0.2, 0) is 15.5 Å². The molecule has 156 valence electrons. The highest BCUT2D eigenvalue weighted by atomic mass is 31.2. The van der Waals surface area contributed by atoms with Crippen molar-refractivity contribution in [3.63, 3.8) is 0 Å². The molecular formula is C23H41O3P. The first-order chi connectivity index (χ1) is 12.6. The summed E-state index contributed by atoms with van der Waals surface area (Å²) in [5.41, 5.74) is 0.614. The maximum Gasteiger partial charge on any atom is 0.398 e. The molecule has 0 saturated carbocycles. The molecule has 0 aliphatic rings. The normalized spacial score (nSPS) is 12.6. The summed E-state index contributed by atoms with van der Waals surface area (Å²) in [6.45, 7) is 14.4. The van der Waals surface area contributed by atoms with Gasteiger partial charge in [-0.3, -0.25) is 9.05 Å². The molecule has 1 aromatic rings. The zero-order chi connectivity index (χ0) is 20.3. The van der Waals surface area contributed by atoms with Gasteiger partial charge in [0.2, 0.25) is 0 Å². The Morgan fingerprint density at radius 1 is 0.741 bits per heavy atom. The molecule has 0 heterocycles. The van der Waals surface area contributed by atoms with Gasteiger partial charge in [0, 0.05) is 0 Å². The van der Waals surface area contributed by atoms with Crippen LogP contribution in [-0.4, -0.2) is 11.2 Å². The smallest absolute Gasteiger partial charge is 0.398 e. The molecule has 1 rings (SSSR count). The molecule has 4 heteroatoms. The fourth-order valence-electron chi connectivity index (χ4n) is 2.66. The third-order valence-electron chi connectivity index (χ3n) is 3.89. The first-order valence-corrected chi connectivity index (χ1v) is 11.6. The van der Waals surface area contributed by atoms with Crippen molar-refractivity contribution in [3.05, 3.63) is 29.8 Å². The van der Waals surface area contributed by atoms with E-state index in [4.69, 9.17) is 13.6 Å². The highest BCUT2D eigenvalue weighted by Crippen LogP contribution is 2.48. The minimum Gasteiger partial charge on any atom is -0.426 e. The average molecular weight is 397 g/mol. The van der Waals surface area contributed by atoms with Crippen molar-refractivity contribution in [3.8, 4) is 5.75 Å². The van der Waals surface area contributed by atoms with Gasteiger partial charge >= 0.3 is 8.60 Å². The molecule has 0 unspecified atom stereocenters. The maximum atomic E-state index is 6.23. The standard InChI is InChI=1S/C23H41O3P/c1-8-9-10-11-12-13-14-17-20-18-15-16-19-21(20)24-27(25-22(2,3)4)26-23(5,6)7/h15-16,18-19H,8-14,17H2,1-7H3. The monoisotopic (exact) mass is 396 g/mol. The van der Waals surface area contributed by atoms with E-state index in [9.17, 15) is 0 Å². The van der Waals surface area contributed by atoms with Gasteiger partial charge in [0.1, 0.15) is 5.75 Å². The largest absolute Gasteiger partial charge is 0.426 e. The van der Waals surface area contributed by atoms with Crippen molar-refractivity contribution in [2.24, 2.45) is 0 Å². The van der Waals surface area contributed by atoms with Gasteiger partial charge in [0.15, 0.2) is 0 Å². The fourth-order valence-corrected chi connectivity index (χ4v) is 4.00. The van der Waals surface area contributed by atoms with Gasteiger partial charge in [-0.25, -0.2) is 0 Å². The molecule has 0 aliphatic heterocycles. The van der Waals surface area contributed by atoms with Crippen LogP contribution in [0.5, 0.6) is 5.75 Å². The molecule has 0 aromatic heterocycles. The van der Waals surface area contributed by atoms with Crippen molar-refractivity contribution in [1.82, 2.24) is 0 Å². The molecule has 0 fully saturated rings. The summed E-state index contributed by atoms with van der Waals surface area (Å²) in [7, 11) is -1.46. The summed E-state index contributed by atoms with van der Waals surface area (Å²) in [5.74, 6) is 0.892. The molecule has 0 bridgehead atoms. The van der Waals surface area contributed by atoms with Crippen LogP contribution in [0.3, 0.4) is 0 Å². The second kappa shape index (κ2) is 12.0. The first kappa shape index (κ1) is 24.4. The Morgan fingerprint density at radius 3 is 1.81 bits per heavy atom. The predicted molar refractivity (Wildman–Crippen MR) is 117 cm³/mol. The molecule has 0 atom stereocenters. The third kappa shape index (κ3) is 12.4. The van der Waals surface area contributed by atoms with Gasteiger partial charge < -0.3 is 4.52 Å². The molecular weight excluding hydrogens is 355 g/mol. The Kier molecular flexibility index (Phi) is 10.9. The Bertz CT molecular complexity index is 501. The van der Waals surface area contributed by atoms with Crippen molar-refractivity contribution < 1.29 is 13.6 Å². The second-order valence-corrected chi connectivity index (χ2v) is 10.2. The summed E-state index contributed by atoms with van der Waals surface area (Å²) in [6.07, 6.45) is 10.2.